The van der Waals surface area contributed by atoms with Crippen LogP contribution in [0.3, 0.4) is 0 Å². The van der Waals surface area contributed by atoms with E-state index in [1.807, 2.05) is 26.0 Å². The molecule has 0 saturated carbocycles. The molecule has 0 fully saturated rings. The second-order valence-corrected chi connectivity index (χ2v) is 11.4. The van der Waals surface area contributed by atoms with Gasteiger partial charge in [0.05, 0.1) is 31.2 Å². The van der Waals surface area contributed by atoms with Gasteiger partial charge in [0.15, 0.2) is 0 Å². The molecule has 9 nitrogen and oxygen atoms in total. The zero-order valence-corrected chi connectivity index (χ0v) is 24.4. The zero-order valence-electron chi connectivity index (χ0n) is 22.9. The van der Waals surface area contributed by atoms with Crippen LogP contribution in [-0.4, -0.2) is 64.2 Å². The molecule has 0 aliphatic carbocycles. The fourth-order valence-corrected chi connectivity index (χ4v) is 5.00. The number of nitrogens with zero attached hydrogens (tertiary/aromatic N) is 2. The summed E-state index contributed by atoms with van der Waals surface area (Å²) in [6.07, 6.45) is 2.16. The number of nitrogens with one attached hydrogen (secondary N) is 1. The van der Waals surface area contributed by atoms with Gasteiger partial charge in [-0.3, -0.25) is 13.9 Å². The van der Waals surface area contributed by atoms with Gasteiger partial charge in [0.25, 0.3) is 0 Å². The van der Waals surface area contributed by atoms with Crippen LogP contribution < -0.4 is 19.1 Å². The molecule has 0 saturated heterocycles. The van der Waals surface area contributed by atoms with Gasteiger partial charge in [0.2, 0.25) is 21.8 Å². The summed E-state index contributed by atoms with van der Waals surface area (Å²) in [6, 6.07) is 11.2. The number of methoxy groups -OCH3 is 2. The minimum Gasteiger partial charge on any atom is -0.497 e. The second kappa shape index (κ2) is 14.2. The van der Waals surface area contributed by atoms with Crippen LogP contribution >= 0.6 is 11.6 Å². The highest BCUT2D eigenvalue weighted by molar-refractivity contribution is 7.92. The lowest BCUT2D eigenvalue weighted by atomic mass is 10.1. The maximum Gasteiger partial charge on any atom is 0.242 e. The van der Waals surface area contributed by atoms with Crippen molar-refractivity contribution < 1.29 is 27.5 Å². The smallest absolute Gasteiger partial charge is 0.242 e. The van der Waals surface area contributed by atoms with Gasteiger partial charge in [-0.25, -0.2) is 8.42 Å². The van der Waals surface area contributed by atoms with Crippen molar-refractivity contribution in [3.63, 3.8) is 0 Å². The highest BCUT2D eigenvalue weighted by Crippen LogP contribution is 2.30. The largest absolute Gasteiger partial charge is 0.497 e. The van der Waals surface area contributed by atoms with E-state index in [1.165, 1.54) is 22.4 Å². The average molecular weight is 568 g/mol. The first-order valence-corrected chi connectivity index (χ1v) is 14.7. The predicted molar refractivity (Wildman–Crippen MR) is 150 cm³/mol. The predicted octanol–water partition coefficient (Wildman–Crippen LogP) is 4.24. The summed E-state index contributed by atoms with van der Waals surface area (Å²) in [4.78, 5) is 27.8. The monoisotopic (exact) mass is 567 g/mol. The molecule has 2 aromatic carbocycles. The van der Waals surface area contributed by atoms with Crippen LogP contribution in [0.2, 0.25) is 5.02 Å². The lowest BCUT2D eigenvalue weighted by Gasteiger charge is -2.30. The minimum absolute atomic E-state index is 0.0254. The fraction of sp³-hybridized carbons (Fsp3) is 0.481. The Morgan fingerprint density at radius 1 is 1.05 bits per heavy atom. The molecule has 0 radical (unpaired) electrons. The van der Waals surface area contributed by atoms with Crippen LogP contribution in [-0.2, 0) is 26.2 Å². The van der Waals surface area contributed by atoms with Gasteiger partial charge in [-0.1, -0.05) is 30.7 Å². The Bertz CT molecular complexity index is 1190. The summed E-state index contributed by atoms with van der Waals surface area (Å²) in [7, 11) is -0.591. The summed E-state index contributed by atoms with van der Waals surface area (Å²) in [5.41, 5.74) is 1.22. The molecule has 38 heavy (non-hydrogen) atoms. The molecular formula is C27H38ClN3O6S. The number of benzene rings is 2. The van der Waals surface area contributed by atoms with Crippen molar-refractivity contribution in [1.82, 2.24) is 10.2 Å². The van der Waals surface area contributed by atoms with E-state index < -0.39 is 16.1 Å². The number of rotatable bonds is 14. The first-order valence-electron chi connectivity index (χ1n) is 12.4. The average Bonchev–Trinajstić information content (AvgIpc) is 2.88. The fourth-order valence-electron chi connectivity index (χ4n) is 3.79. The SMILES string of the molecule is CC[C@H](C)NC(=O)[C@@H](C)N(Cc1ccc(OC)cc1)C(=O)CCCN(c1ccc(OC)c(Cl)c1)S(C)(=O)=O. The minimum atomic E-state index is -3.64. The van der Waals surface area contributed by atoms with Crippen molar-refractivity contribution in [2.45, 2.75) is 58.7 Å². The van der Waals surface area contributed by atoms with Gasteiger partial charge in [0, 0.05) is 25.6 Å². The highest BCUT2D eigenvalue weighted by atomic mass is 35.5. The number of ether oxygens (including phenoxy) is 2. The molecule has 1 N–H and O–H groups in total. The molecule has 11 heteroatoms. The molecule has 0 heterocycles. The molecule has 0 aromatic heterocycles. The lowest BCUT2D eigenvalue weighted by Crippen LogP contribution is -2.49. The number of sulfonamides is 1. The number of carbonyl (C=O) groups excluding carboxylic acids is 2. The number of anilines is 1. The van der Waals surface area contributed by atoms with Crippen LogP contribution in [0.4, 0.5) is 5.69 Å². The quantitative estimate of drug-likeness (QED) is 0.366. The second-order valence-electron chi connectivity index (χ2n) is 9.12. The first kappa shape index (κ1) is 31.2. The van der Waals surface area contributed by atoms with E-state index in [0.717, 1.165) is 18.2 Å². The Morgan fingerprint density at radius 3 is 2.24 bits per heavy atom. The molecule has 0 bridgehead atoms. The van der Waals surface area contributed by atoms with E-state index in [1.54, 1.807) is 38.3 Å². The Labute approximate surface area is 231 Å². The van der Waals surface area contributed by atoms with Crippen LogP contribution in [0.25, 0.3) is 0 Å². The summed E-state index contributed by atoms with van der Waals surface area (Å²) in [5.74, 6) is 0.618. The number of hydrogen-bond donors (Lipinski definition) is 1. The third-order valence-electron chi connectivity index (χ3n) is 6.26. The molecule has 2 rings (SSSR count). The van der Waals surface area contributed by atoms with Gasteiger partial charge in [0.1, 0.15) is 17.5 Å². The maximum atomic E-state index is 13.4. The van der Waals surface area contributed by atoms with Gasteiger partial charge in [-0.2, -0.15) is 0 Å². The molecule has 0 aliphatic heterocycles. The molecule has 210 valence electrons. The van der Waals surface area contributed by atoms with Crippen molar-refractivity contribution in [3.8, 4) is 11.5 Å². The number of carbonyl (C=O) groups is 2. The van der Waals surface area contributed by atoms with Crippen molar-refractivity contribution >= 4 is 39.1 Å². The number of halogens is 1. The van der Waals surface area contributed by atoms with Crippen molar-refractivity contribution in [2.24, 2.45) is 0 Å². The third-order valence-corrected chi connectivity index (χ3v) is 7.75. The molecule has 2 aromatic rings. The normalized spacial score (nSPS) is 12.8. The first-order chi connectivity index (χ1) is 17.9. The lowest BCUT2D eigenvalue weighted by molar-refractivity contribution is -0.140. The number of amides is 2. The van der Waals surface area contributed by atoms with E-state index in [4.69, 9.17) is 21.1 Å². The Balaban J connectivity index is 2.20. The highest BCUT2D eigenvalue weighted by Gasteiger charge is 2.27. The summed E-state index contributed by atoms with van der Waals surface area (Å²) >= 11 is 6.20. The van der Waals surface area contributed by atoms with E-state index in [0.29, 0.717) is 17.2 Å². The van der Waals surface area contributed by atoms with E-state index >= 15 is 0 Å². The third kappa shape index (κ3) is 8.80. The Kier molecular flexibility index (Phi) is 11.7. The van der Waals surface area contributed by atoms with Crippen LogP contribution in [0.15, 0.2) is 42.5 Å². The molecule has 2 amide bonds. The summed E-state index contributed by atoms with van der Waals surface area (Å²) in [5, 5.41) is 3.22. The molecule has 0 spiro atoms. The van der Waals surface area contributed by atoms with Crippen molar-refractivity contribution in [2.75, 3.05) is 31.3 Å². The van der Waals surface area contributed by atoms with Crippen molar-refractivity contribution in [3.05, 3.63) is 53.1 Å². The van der Waals surface area contributed by atoms with Gasteiger partial charge >= 0.3 is 0 Å². The molecule has 2 atom stereocenters. The van der Waals surface area contributed by atoms with Crippen LogP contribution in [0.1, 0.15) is 45.6 Å². The maximum absolute atomic E-state index is 13.4. The standard InChI is InChI=1S/C27H38ClN3O6S/c1-7-19(2)29-27(33)20(3)30(18-21-10-13-23(36-4)14-11-21)26(32)9-8-16-31(38(6,34)35)22-12-15-25(37-5)24(28)17-22/h10-15,17,19-20H,7-9,16,18H2,1-6H3,(H,29,33)/t19-,20+/m0/s1. The molecule has 0 unspecified atom stereocenters. The number of hydrogen-bond acceptors (Lipinski definition) is 6. The van der Waals surface area contributed by atoms with Crippen molar-refractivity contribution in [1.29, 1.82) is 0 Å². The van der Waals surface area contributed by atoms with Crippen LogP contribution in [0, 0.1) is 0 Å². The van der Waals surface area contributed by atoms with Gasteiger partial charge in [-0.15, -0.1) is 0 Å². The summed E-state index contributed by atoms with van der Waals surface area (Å²) < 4.78 is 36.6. The molecular weight excluding hydrogens is 530 g/mol. The Hall–Kier alpha value is -2.98. The van der Waals surface area contributed by atoms with E-state index in [-0.39, 0.29) is 48.8 Å². The van der Waals surface area contributed by atoms with Gasteiger partial charge in [-0.05, 0) is 62.6 Å². The summed E-state index contributed by atoms with van der Waals surface area (Å²) in [6.45, 7) is 5.87. The Morgan fingerprint density at radius 2 is 1.71 bits per heavy atom. The van der Waals surface area contributed by atoms with Crippen LogP contribution in [0.5, 0.6) is 11.5 Å². The van der Waals surface area contributed by atoms with E-state index in [9.17, 15) is 18.0 Å². The van der Waals surface area contributed by atoms with Gasteiger partial charge < -0.3 is 19.7 Å². The topological polar surface area (TPSA) is 105 Å². The van der Waals surface area contributed by atoms with E-state index in [2.05, 4.69) is 5.32 Å². The zero-order chi connectivity index (χ0) is 28.5. The molecule has 0 aliphatic rings.